The standard InChI is InChI=1S/C17H22N4O/c22-17-16(18-9-10-19-17)20-15-7-12-21(13-8-15)11-6-14-4-2-1-3-5-14/h1-5,9-10,15H,6-8,11-13H2,(H,18,20)(H,19,22). The SMILES string of the molecule is O=c1[nH]ccnc1NC1CCN(CCc2ccccc2)CC1. The molecule has 1 aromatic carbocycles. The first-order valence-electron chi connectivity index (χ1n) is 7.88. The number of piperidine rings is 1. The summed E-state index contributed by atoms with van der Waals surface area (Å²) in [6.07, 6.45) is 6.35. The molecule has 0 atom stereocenters. The third-order valence-corrected chi connectivity index (χ3v) is 4.20. The fourth-order valence-corrected chi connectivity index (χ4v) is 2.88. The van der Waals surface area contributed by atoms with Crippen LogP contribution in [-0.4, -0.2) is 40.5 Å². The lowest BCUT2D eigenvalue weighted by Crippen LogP contribution is -2.40. The average Bonchev–Trinajstić information content (AvgIpc) is 2.57. The highest BCUT2D eigenvalue weighted by Crippen LogP contribution is 2.14. The Morgan fingerprint density at radius 2 is 2.00 bits per heavy atom. The zero-order chi connectivity index (χ0) is 15.2. The number of aromatic nitrogens is 2. The summed E-state index contributed by atoms with van der Waals surface area (Å²) in [6.45, 7) is 3.23. The highest BCUT2D eigenvalue weighted by Gasteiger charge is 2.19. The normalized spacial score (nSPS) is 16.5. The van der Waals surface area contributed by atoms with Gasteiger partial charge >= 0.3 is 0 Å². The van der Waals surface area contributed by atoms with E-state index in [1.165, 1.54) is 5.56 Å². The lowest BCUT2D eigenvalue weighted by atomic mass is 10.0. The molecule has 2 aromatic rings. The lowest BCUT2D eigenvalue weighted by Gasteiger charge is -2.32. The van der Waals surface area contributed by atoms with E-state index in [4.69, 9.17) is 0 Å². The van der Waals surface area contributed by atoms with Crippen molar-refractivity contribution in [3.05, 3.63) is 58.6 Å². The van der Waals surface area contributed by atoms with Gasteiger partial charge in [-0.2, -0.15) is 0 Å². The highest BCUT2D eigenvalue weighted by atomic mass is 16.1. The zero-order valence-electron chi connectivity index (χ0n) is 12.7. The minimum absolute atomic E-state index is 0.144. The molecule has 1 saturated heterocycles. The van der Waals surface area contributed by atoms with Crippen LogP contribution in [0.2, 0.25) is 0 Å². The van der Waals surface area contributed by atoms with Crippen LogP contribution >= 0.6 is 0 Å². The first kappa shape index (κ1) is 14.8. The molecule has 1 fully saturated rings. The van der Waals surface area contributed by atoms with Crippen LogP contribution < -0.4 is 10.9 Å². The van der Waals surface area contributed by atoms with Crippen LogP contribution in [0.3, 0.4) is 0 Å². The summed E-state index contributed by atoms with van der Waals surface area (Å²) in [5.74, 6) is 0.435. The molecule has 0 aliphatic carbocycles. The van der Waals surface area contributed by atoms with Gasteiger partial charge in [0.1, 0.15) is 0 Å². The first-order valence-corrected chi connectivity index (χ1v) is 7.88. The predicted molar refractivity (Wildman–Crippen MR) is 88.1 cm³/mol. The van der Waals surface area contributed by atoms with Gasteiger partial charge in [0.25, 0.3) is 5.56 Å². The van der Waals surface area contributed by atoms with E-state index in [1.807, 2.05) is 0 Å². The molecular weight excluding hydrogens is 276 g/mol. The van der Waals surface area contributed by atoms with Gasteiger partial charge in [0.15, 0.2) is 5.82 Å². The van der Waals surface area contributed by atoms with Crippen molar-refractivity contribution in [2.45, 2.75) is 25.3 Å². The summed E-state index contributed by atoms with van der Waals surface area (Å²) in [6, 6.07) is 10.9. The molecule has 2 heterocycles. The summed E-state index contributed by atoms with van der Waals surface area (Å²) < 4.78 is 0. The van der Waals surface area contributed by atoms with Crippen LogP contribution in [0.1, 0.15) is 18.4 Å². The predicted octanol–water partition coefficient (Wildman–Crippen LogP) is 1.89. The Bertz CT molecular complexity index is 632. The maximum absolute atomic E-state index is 11.6. The summed E-state index contributed by atoms with van der Waals surface area (Å²) in [7, 11) is 0. The number of nitrogens with zero attached hydrogens (tertiary/aromatic N) is 2. The molecule has 2 N–H and O–H groups in total. The molecule has 22 heavy (non-hydrogen) atoms. The number of aromatic amines is 1. The summed E-state index contributed by atoms with van der Waals surface area (Å²) >= 11 is 0. The number of likely N-dealkylation sites (tertiary alicyclic amines) is 1. The van der Waals surface area contributed by atoms with E-state index in [-0.39, 0.29) is 5.56 Å². The molecule has 1 aliphatic heterocycles. The quantitative estimate of drug-likeness (QED) is 0.885. The van der Waals surface area contributed by atoms with E-state index >= 15 is 0 Å². The molecule has 0 unspecified atom stereocenters. The molecular formula is C17H22N4O. The van der Waals surface area contributed by atoms with Gasteiger partial charge in [0.2, 0.25) is 0 Å². The average molecular weight is 298 g/mol. The minimum atomic E-state index is -0.144. The van der Waals surface area contributed by atoms with Crippen molar-refractivity contribution in [3.63, 3.8) is 0 Å². The minimum Gasteiger partial charge on any atom is -0.363 e. The van der Waals surface area contributed by atoms with E-state index in [0.29, 0.717) is 11.9 Å². The van der Waals surface area contributed by atoms with Gasteiger partial charge in [0.05, 0.1) is 0 Å². The number of nitrogens with one attached hydrogen (secondary N) is 2. The molecule has 116 valence electrons. The summed E-state index contributed by atoms with van der Waals surface area (Å²) in [5, 5.41) is 3.26. The first-order chi connectivity index (χ1) is 10.8. The van der Waals surface area contributed by atoms with Crippen molar-refractivity contribution in [1.29, 1.82) is 0 Å². The maximum Gasteiger partial charge on any atom is 0.290 e. The molecule has 3 rings (SSSR count). The monoisotopic (exact) mass is 298 g/mol. The number of benzene rings is 1. The maximum atomic E-state index is 11.6. The topological polar surface area (TPSA) is 61.0 Å². The van der Waals surface area contributed by atoms with Crippen LogP contribution in [0.15, 0.2) is 47.5 Å². The third kappa shape index (κ3) is 3.95. The van der Waals surface area contributed by atoms with Crippen LogP contribution in [-0.2, 0) is 6.42 Å². The summed E-state index contributed by atoms with van der Waals surface area (Å²) in [5.41, 5.74) is 1.25. The second kappa shape index (κ2) is 7.22. The van der Waals surface area contributed by atoms with Gasteiger partial charge in [-0.05, 0) is 24.8 Å². The number of hydrogen-bond donors (Lipinski definition) is 2. The van der Waals surface area contributed by atoms with Crippen molar-refractivity contribution < 1.29 is 0 Å². The van der Waals surface area contributed by atoms with Crippen LogP contribution in [0, 0.1) is 0 Å². The molecule has 0 radical (unpaired) electrons. The Morgan fingerprint density at radius 1 is 1.23 bits per heavy atom. The highest BCUT2D eigenvalue weighted by molar-refractivity contribution is 5.31. The number of H-pyrrole nitrogens is 1. The molecule has 0 bridgehead atoms. The number of hydrogen-bond acceptors (Lipinski definition) is 4. The zero-order valence-corrected chi connectivity index (χ0v) is 12.7. The molecule has 5 heteroatoms. The molecule has 1 aliphatic rings. The van der Waals surface area contributed by atoms with Crippen LogP contribution in [0.25, 0.3) is 0 Å². The van der Waals surface area contributed by atoms with Gasteiger partial charge in [-0.1, -0.05) is 30.3 Å². The molecule has 5 nitrogen and oxygen atoms in total. The third-order valence-electron chi connectivity index (χ3n) is 4.20. The van der Waals surface area contributed by atoms with E-state index < -0.39 is 0 Å². The Kier molecular flexibility index (Phi) is 4.85. The van der Waals surface area contributed by atoms with Gasteiger partial charge in [-0.25, -0.2) is 4.98 Å². The largest absolute Gasteiger partial charge is 0.363 e. The fraction of sp³-hybridized carbons (Fsp3) is 0.412. The Labute approximate surface area is 130 Å². The van der Waals surface area contributed by atoms with Gasteiger partial charge in [-0.15, -0.1) is 0 Å². The Hall–Kier alpha value is -2.14. The van der Waals surface area contributed by atoms with Gasteiger partial charge in [-0.3, -0.25) is 4.79 Å². The number of anilines is 1. The molecule has 0 spiro atoms. The van der Waals surface area contributed by atoms with Gasteiger partial charge in [0, 0.05) is 38.1 Å². The van der Waals surface area contributed by atoms with Gasteiger partial charge < -0.3 is 15.2 Å². The van der Waals surface area contributed by atoms with Crippen molar-refractivity contribution >= 4 is 5.82 Å². The van der Waals surface area contributed by atoms with Crippen LogP contribution in [0.5, 0.6) is 0 Å². The van der Waals surface area contributed by atoms with Crippen molar-refractivity contribution in [2.75, 3.05) is 25.0 Å². The summed E-state index contributed by atoms with van der Waals surface area (Å²) in [4.78, 5) is 20.9. The fourth-order valence-electron chi connectivity index (χ4n) is 2.88. The Morgan fingerprint density at radius 3 is 2.73 bits per heavy atom. The van der Waals surface area contributed by atoms with E-state index in [2.05, 4.69) is 50.5 Å². The second-order valence-electron chi connectivity index (χ2n) is 5.76. The molecule has 0 saturated carbocycles. The van der Waals surface area contributed by atoms with Crippen molar-refractivity contribution in [2.24, 2.45) is 0 Å². The van der Waals surface area contributed by atoms with Crippen LogP contribution in [0.4, 0.5) is 5.82 Å². The molecule has 1 aromatic heterocycles. The smallest absolute Gasteiger partial charge is 0.290 e. The van der Waals surface area contributed by atoms with Crippen molar-refractivity contribution in [3.8, 4) is 0 Å². The number of rotatable bonds is 5. The molecule has 0 amide bonds. The van der Waals surface area contributed by atoms with E-state index in [0.717, 1.165) is 38.9 Å². The van der Waals surface area contributed by atoms with E-state index in [9.17, 15) is 4.79 Å². The van der Waals surface area contributed by atoms with Crippen molar-refractivity contribution in [1.82, 2.24) is 14.9 Å². The lowest BCUT2D eigenvalue weighted by molar-refractivity contribution is 0.221. The second-order valence-corrected chi connectivity index (χ2v) is 5.76. The van der Waals surface area contributed by atoms with E-state index in [1.54, 1.807) is 12.4 Å². The Balaban J connectivity index is 1.44.